The molecule has 102 valence electrons. The summed E-state index contributed by atoms with van der Waals surface area (Å²) in [5.41, 5.74) is 5.74. The minimum atomic E-state index is -4.43. The summed E-state index contributed by atoms with van der Waals surface area (Å²) in [5, 5.41) is 13.5. The number of aliphatic hydroxyl groups is 1. The number of halogens is 3. The van der Waals surface area contributed by atoms with E-state index in [9.17, 15) is 18.3 Å². The fourth-order valence-electron chi connectivity index (χ4n) is 1.66. The van der Waals surface area contributed by atoms with Crippen molar-refractivity contribution in [3.8, 4) is 0 Å². The first-order chi connectivity index (χ1) is 8.86. The third kappa shape index (κ3) is 3.25. The number of nitrogens with zero attached hydrogens (tertiary/aromatic N) is 2. The predicted octanol–water partition coefficient (Wildman–Crippen LogP) is 2.22. The highest BCUT2D eigenvalue weighted by Crippen LogP contribution is 2.28. The van der Waals surface area contributed by atoms with Crippen LogP contribution in [0, 0.1) is 0 Å². The average Bonchev–Trinajstić information content (AvgIpc) is 2.77. The number of benzene rings is 1. The molecule has 3 N–H and O–H groups in total. The lowest BCUT2D eigenvalue weighted by molar-refractivity contribution is -0.137. The summed E-state index contributed by atoms with van der Waals surface area (Å²) in [6.07, 6.45) is -3.81. The Balaban J connectivity index is 2.11. The molecule has 2 aromatic rings. The second kappa shape index (κ2) is 4.93. The normalized spacial score (nSPS) is 13.5. The Kier molecular flexibility index (Phi) is 3.48. The Bertz CT molecular complexity index is 565. The fourth-order valence-corrected chi connectivity index (χ4v) is 1.66. The summed E-state index contributed by atoms with van der Waals surface area (Å²) in [6, 6.07) is 6.54. The van der Waals surface area contributed by atoms with Crippen LogP contribution in [-0.2, 0) is 12.7 Å². The number of rotatable bonds is 3. The first kappa shape index (κ1) is 13.4. The van der Waals surface area contributed by atoms with Gasteiger partial charge < -0.3 is 10.8 Å². The molecule has 1 aromatic heterocycles. The van der Waals surface area contributed by atoms with Crippen molar-refractivity contribution in [2.24, 2.45) is 0 Å². The molecule has 0 aliphatic rings. The Labute approximate surface area is 107 Å². The molecule has 19 heavy (non-hydrogen) atoms. The summed E-state index contributed by atoms with van der Waals surface area (Å²) in [7, 11) is 0. The molecule has 0 saturated heterocycles. The maximum Gasteiger partial charge on any atom is 0.419 e. The molecule has 4 nitrogen and oxygen atoms in total. The third-order valence-electron chi connectivity index (χ3n) is 2.62. The van der Waals surface area contributed by atoms with Gasteiger partial charge in [0.1, 0.15) is 0 Å². The van der Waals surface area contributed by atoms with Crippen molar-refractivity contribution < 1.29 is 18.3 Å². The third-order valence-corrected chi connectivity index (χ3v) is 2.62. The lowest BCUT2D eigenvalue weighted by Gasteiger charge is -2.11. The molecule has 0 fully saturated rings. The quantitative estimate of drug-likeness (QED) is 0.841. The van der Waals surface area contributed by atoms with Gasteiger partial charge in [-0.15, -0.1) is 0 Å². The smallest absolute Gasteiger partial charge is 0.399 e. The molecule has 1 atom stereocenters. The van der Waals surface area contributed by atoms with Crippen LogP contribution in [-0.4, -0.2) is 14.9 Å². The molecule has 0 amide bonds. The number of nitrogen functional groups attached to an aromatic ring is 1. The highest BCUT2D eigenvalue weighted by molar-refractivity contribution is 5.41. The van der Waals surface area contributed by atoms with Gasteiger partial charge in [0, 0.05) is 11.9 Å². The lowest BCUT2D eigenvalue weighted by Crippen LogP contribution is -2.10. The van der Waals surface area contributed by atoms with Crippen LogP contribution in [0.15, 0.2) is 36.7 Å². The summed E-state index contributed by atoms with van der Waals surface area (Å²) in [6.45, 7) is -0.0699. The highest BCUT2D eigenvalue weighted by Gasteiger charge is 2.32. The number of hydrogen-bond donors (Lipinski definition) is 2. The van der Waals surface area contributed by atoms with E-state index in [1.807, 2.05) is 0 Å². The number of alkyl halides is 3. The van der Waals surface area contributed by atoms with Crippen molar-refractivity contribution in [2.45, 2.75) is 18.8 Å². The van der Waals surface area contributed by atoms with Crippen LogP contribution in [0.25, 0.3) is 0 Å². The summed E-state index contributed by atoms with van der Waals surface area (Å²) >= 11 is 0. The summed E-state index contributed by atoms with van der Waals surface area (Å²) < 4.78 is 38.2. The van der Waals surface area contributed by atoms with Gasteiger partial charge in [0.2, 0.25) is 0 Å². The van der Waals surface area contributed by atoms with Crippen molar-refractivity contribution in [3.05, 3.63) is 47.8 Å². The topological polar surface area (TPSA) is 64.1 Å². The van der Waals surface area contributed by atoms with Crippen LogP contribution >= 0.6 is 0 Å². The van der Waals surface area contributed by atoms with Gasteiger partial charge in [-0.25, -0.2) is 0 Å². The largest absolute Gasteiger partial charge is 0.419 e. The minimum Gasteiger partial charge on any atom is -0.399 e. The number of hydrogen-bond acceptors (Lipinski definition) is 3. The Morgan fingerprint density at radius 1 is 1.37 bits per heavy atom. The molecule has 1 unspecified atom stereocenters. The zero-order valence-corrected chi connectivity index (χ0v) is 9.80. The van der Waals surface area contributed by atoms with Gasteiger partial charge in [-0.05, 0) is 17.7 Å². The van der Waals surface area contributed by atoms with Crippen LogP contribution in [0.2, 0.25) is 0 Å². The van der Waals surface area contributed by atoms with E-state index in [4.69, 9.17) is 5.73 Å². The molecule has 1 aromatic carbocycles. The van der Waals surface area contributed by atoms with Crippen LogP contribution in [0.4, 0.5) is 18.9 Å². The zero-order chi connectivity index (χ0) is 14.0. The first-order valence-electron chi connectivity index (χ1n) is 5.49. The molecule has 1 heterocycles. The summed E-state index contributed by atoms with van der Waals surface area (Å²) in [5.74, 6) is 0. The van der Waals surface area contributed by atoms with E-state index in [2.05, 4.69) is 5.10 Å². The molecule has 7 heteroatoms. The van der Waals surface area contributed by atoms with Crippen LogP contribution in [0.3, 0.4) is 0 Å². The molecular formula is C12H12F3N3O. The van der Waals surface area contributed by atoms with E-state index in [0.717, 1.165) is 17.1 Å². The van der Waals surface area contributed by atoms with Crippen molar-refractivity contribution in [1.82, 2.24) is 9.78 Å². The highest BCUT2D eigenvalue weighted by atomic mass is 19.4. The van der Waals surface area contributed by atoms with E-state index in [1.54, 1.807) is 24.3 Å². The van der Waals surface area contributed by atoms with Gasteiger partial charge in [0.15, 0.2) is 0 Å². The van der Waals surface area contributed by atoms with E-state index in [-0.39, 0.29) is 6.54 Å². The van der Waals surface area contributed by atoms with E-state index in [0.29, 0.717) is 11.3 Å². The Hall–Kier alpha value is -2.02. The standard InChI is InChI=1S/C12H12F3N3O/c13-12(14,15)9-5-17-18(6-9)7-11(19)8-2-1-3-10(16)4-8/h1-6,11,19H,7,16H2. The monoisotopic (exact) mass is 271 g/mol. The predicted molar refractivity (Wildman–Crippen MR) is 63.0 cm³/mol. The van der Waals surface area contributed by atoms with Crippen LogP contribution in [0.5, 0.6) is 0 Å². The molecule has 0 aliphatic carbocycles. The van der Waals surface area contributed by atoms with Gasteiger partial charge in [-0.1, -0.05) is 12.1 Å². The van der Waals surface area contributed by atoms with E-state index in [1.165, 1.54) is 0 Å². The molecular weight excluding hydrogens is 259 g/mol. The van der Waals surface area contributed by atoms with Gasteiger partial charge in [-0.3, -0.25) is 4.68 Å². The van der Waals surface area contributed by atoms with Gasteiger partial charge >= 0.3 is 6.18 Å². The number of aromatic nitrogens is 2. The lowest BCUT2D eigenvalue weighted by atomic mass is 10.1. The SMILES string of the molecule is Nc1cccc(C(O)Cn2cc(C(F)(F)F)cn2)c1. The minimum absolute atomic E-state index is 0.0699. The fraction of sp³-hybridized carbons (Fsp3) is 0.250. The van der Waals surface area contributed by atoms with Crippen molar-refractivity contribution >= 4 is 5.69 Å². The van der Waals surface area contributed by atoms with Crippen molar-refractivity contribution in [3.63, 3.8) is 0 Å². The summed E-state index contributed by atoms with van der Waals surface area (Å²) in [4.78, 5) is 0. The Morgan fingerprint density at radius 3 is 2.68 bits per heavy atom. The second-order valence-corrected chi connectivity index (χ2v) is 4.13. The molecule has 0 spiro atoms. The average molecular weight is 271 g/mol. The van der Waals surface area contributed by atoms with E-state index < -0.39 is 17.8 Å². The first-order valence-corrected chi connectivity index (χ1v) is 5.49. The van der Waals surface area contributed by atoms with Gasteiger partial charge in [-0.2, -0.15) is 18.3 Å². The van der Waals surface area contributed by atoms with Crippen LogP contribution < -0.4 is 5.73 Å². The van der Waals surface area contributed by atoms with E-state index >= 15 is 0 Å². The molecule has 2 rings (SSSR count). The van der Waals surface area contributed by atoms with Gasteiger partial charge in [0.05, 0.1) is 24.4 Å². The maximum atomic E-state index is 12.4. The maximum absolute atomic E-state index is 12.4. The molecule has 0 bridgehead atoms. The number of nitrogens with two attached hydrogens (primary N) is 1. The second-order valence-electron chi connectivity index (χ2n) is 4.13. The molecule has 0 saturated carbocycles. The van der Waals surface area contributed by atoms with Crippen molar-refractivity contribution in [1.29, 1.82) is 0 Å². The molecule has 0 aliphatic heterocycles. The Morgan fingerprint density at radius 2 is 2.11 bits per heavy atom. The van der Waals surface area contributed by atoms with Crippen molar-refractivity contribution in [2.75, 3.05) is 5.73 Å². The molecule has 0 radical (unpaired) electrons. The zero-order valence-electron chi connectivity index (χ0n) is 9.80. The number of anilines is 1. The number of aliphatic hydroxyl groups excluding tert-OH is 1. The van der Waals surface area contributed by atoms with Gasteiger partial charge in [0.25, 0.3) is 0 Å². The van der Waals surface area contributed by atoms with Crippen LogP contribution in [0.1, 0.15) is 17.2 Å².